The van der Waals surface area contributed by atoms with E-state index in [1.807, 2.05) is 31.4 Å². The standard InChI is InChI=1S/C19H16N4O2S2/c1-13-11-16(14-7-6-10-20-12-14)23-18(21-13)17(19(22-23)26-2)27(24,25)15-8-4-3-5-9-15/h3-12H,1-2H3. The van der Waals surface area contributed by atoms with Crippen LogP contribution in [0.15, 0.2) is 75.7 Å². The number of hydrogen-bond acceptors (Lipinski definition) is 6. The van der Waals surface area contributed by atoms with Crippen LogP contribution in [-0.2, 0) is 9.84 Å². The number of sulfone groups is 1. The molecule has 0 spiro atoms. The van der Waals surface area contributed by atoms with Gasteiger partial charge in [0.15, 0.2) is 10.5 Å². The maximum atomic E-state index is 13.3. The maximum Gasteiger partial charge on any atom is 0.213 e. The molecule has 4 aromatic rings. The Morgan fingerprint density at radius 3 is 2.52 bits per heavy atom. The Morgan fingerprint density at radius 1 is 1.07 bits per heavy atom. The van der Waals surface area contributed by atoms with Crippen molar-refractivity contribution in [2.24, 2.45) is 0 Å². The Hall–Kier alpha value is -2.71. The van der Waals surface area contributed by atoms with Gasteiger partial charge in [-0.05, 0) is 43.5 Å². The largest absolute Gasteiger partial charge is 0.264 e. The van der Waals surface area contributed by atoms with Crippen LogP contribution >= 0.6 is 11.8 Å². The number of hydrogen-bond donors (Lipinski definition) is 0. The minimum absolute atomic E-state index is 0.134. The zero-order valence-corrected chi connectivity index (χ0v) is 16.3. The third-order valence-electron chi connectivity index (χ3n) is 4.12. The molecule has 0 aliphatic rings. The Kier molecular flexibility index (Phi) is 4.45. The van der Waals surface area contributed by atoms with Crippen LogP contribution < -0.4 is 0 Å². The van der Waals surface area contributed by atoms with Crippen molar-refractivity contribution in [1.29, 1.82) is 0 Å². The lowest BCUT2D eigenvalue weighted by atomic mass is 10.2. The molecule has 0 amide bonds. The molecule has 0 fully saturated rings. The summed E-state index contributed by atoms with van der Waals surface area (Å²) in [6.07, 6.45) is 5.22. The summed E-state index contributed by atoms with van der Waals surface area (Å²) >= 11 is 1.29. The predicted molar refractivity (Wildman–Crippen MR) is 105 cm³/mol. The summed E-state index contributed by atoms with van der Waals surface area (Å²) in [4.78, 5) is 9.03. The van der Waals surface area contributed by atoms with Gasteiger partial charge in [-0.1, -0.05) is 18.2 Å². The van der Waals surface area contributed by atoms with E-state index in [0.29, 0.717) is 16.4 Å². The van der Waals surface area contributed by atoms with E-state index in [1.165, 1.54) is 11.8 Å². The fraction of sp³-hybridized carbons (Fsp3) is 0.105. The van der Waals surface area contributed by atoms with E-state index in [4.69, 9.17) is 0 Å². The van der Waals surface area contributed by atoms with E-state index < -0.39 is 9.84 Å². The van der Waals surface area contributed by atoms with Crippen LogP contribution in [-0.4, -0.2) is 34.3 Å². The fourth-order valence-electron chi connectivity index (χ4n) is 2.91. The van der Waals surface area contributed by atoms with Gasteiger partial charge in [-0.15, -0.1) is 11.8 Å². The van der Waals surface area contributed by atoms with Gasteiger partial charge in [-0.2, -0.15) is 5.10 Å². The topological polar surface area (TPSA) is 77.2 Å². The van der Waals surface area contributed by atoms with Gasteiger partial charge in [0.1, 0.15) is 5.03 Å². The molecule has 8 heteroatoms. The third-order valence-corrected chi connectivity index (χ3v) is 6.73. The van der Waals surface area contributed by atoms with Crippen LogP contribution in [0, 0.1) is 6.92 Å². The van der Waals surface area contributed by atoms with Gasteiger partial charge >= 0.3 is 0 Å². The lowest BCUT2D eigenvalue weighted by Gasteiger charge is -2.07. The predicted octanol–water partition coefficient (Wildman–Crippen LogP) is 3.65. The zero-order valence-electron chi connectivity index (χ0n) is 14.7. The third kappa shape index (κ3) is 3.00. The lowest BCUT2D eigenvalue weighted by Crippen LogP contribution is -2.05. The summed E-state index contributed by atoms with van der Waals surface area (Å²) in [5.74, 6) is 0. The molecule has 27 heavy (non-hydrogen) atoms. The number of rotatable bonds is 4. The van der Waals surface area contributed by atoms with Crippen LogP contribution in [0.3, 0.4) is 0 Å². The average molecular weight is 396 g/mol. The Bertz CT molecular complexity index is 1220. The first-order valence-corrected chi connectivity index (χ1v) is 10.9. The van der Waals surface area contributed by atoms with E-state index in [2.05, 4.69) is 15.1 Å². The molecule has 1 aromatic carbocycles. The number of thioether (sulfide) groups is 1. The fourth-order valence-corrected chi connectivity index (χ4v) is 5.32. The van der Waals surface area contributed by atoms with Crippen LogP contribution in [0.5, 0.6) is 0 Å². The number of nitrogens with zero attached hydrogens (tertiary/aromatic N) is 4. The number of aromatic nitrogens is 4. The van der Waals surface area contributed by atoms with Crippen molar-refractivity contribution in [3.05, 3.63) is 66.6 Å². The van der Waals surface area contributed by atoms with Crippen molar-refractivity contribution in [1.82, 2.24) is 19.6 Å². The molecule has 6 nitrogen and oxygen atoms in total. The molecule has 0 N–H and O–H groups in total. The summed E-state index contributed by atoms with van der Waals surface area (Å²) in [6, 6.07) is 14.0. The second-order valence-corrected chi connectivity index (χ2v) is 8.60. The molecule has 3 heterocycles. The molecule has 0 bridgehead atoms. The second kappa shape index (κ2) is 6.79. The van der Waals surface area contributed by atoms with Crippen molar-refractivity contribution in [2.45, 2.75) is 21.7 Å². The number of benzene rings is 1. The van der Waals surface area contributed by atoms with Crippen LogP contribution in [0.1, 0.15) is 5.69 Å². The van der Waals surface area contributed by atoms with Gasteiger partial charge in [0.05, 0.1) is 10.6 Å². The van der Waals surface area contributed by atoms with E-state index in [-0.39, 0.29) is 9.79 Å². The van der Waals surface area contributed by atoms with Gasteiger partial charge < -0.3 is 0 Å². The Morgan fingerprint density at radius 2 is 1.85 bits per heavy atom. The first kappa shape index (κ1) is 17.7. The van der Waals surface area contributed by atoms with Crippen LogP contribution in [0.25, 0.3) is 16.9 Å². The summed E-state index contributed by atoms with van der Waals surface area (Å²) < 4.78 is 28.2. The van der Waals surface area contributed by atoms with Gasteiger partial charge in [-0.25, -0.2) is 17.9 Å². The van der Waals surface area contributed by atoms with E-state index in [0.717, 1.165) is 11.3 Å². The van der Waals surface area contributed by atoms with Crippen molar-refractivity contribution in [3.63, 3.8) is 0 Å². The molecule has 0 aliphatic heterocycles. The minimum Gasteiger partial charge on any atom is -0.264 e. The quantitative estimate of drug-likeness (QED) is 0.490. The number of fused-ring (bicyclic) bond motifs is 1. The van der Waals surface area contributed by atoms with Crippen molar-refractivity contribution in [2.75, 3.05) is 6.26 Å². The summed E-state index contributed by atoms with van der Waals surface area (Å²) in [5, 5.41) is 4.97. The molecule has 0 radical (unpaired) electrons. The first-order chi connectivity index (χ1) is 13.0. The summed E-state index contributed by atoms with van der Waals surface area (Å²) in [6.45, 7) is 1.84. The first-order valence-electron chi connectivity index (χ1n) is 8.17. The Labute approximate surface area is 161 Å². The molecule has 4 rings (SSSR count). The van der Waals surface area contributed by atoms with Crippen molar-refractivity contribution in [3.8, 4) is 11.3 Å². The van der Waals surface area contributed by atoms with Gasteiger partial charge in [0.25, 0.3) is 0 Å². The highest BCUT2D eigenvalue weighted by molar-refractivity contribution is 7.99. The van der Waals surface area contributed by atoms with Crippen LogP contribution in [0.2, 0.25) is 0 Å². The van der Waals surface area contributed by atoms with Gasteiger partial charge in [-0.3, -0.25) is 4.98 Å². The van der Waals surface area contributed by atoms with E-state index in [9.17, 15) is 8.42 Å². The van der Waals surface area contributed by atoms with Crippen molar-refractivity contribution < 1.29 is 8.42 Å². The molecule has 0 atom stereocenters. The smallest absolute Gasteiger partial charge is 0.213 e. The molecule has 0 saturated heterocycles. The number of pyridine rings is 1. The molecule has 0 aliphatic carbocycles. The highest BCUT2D eigenvalue weighted by Gasteiger charge is 2.29. The maximum absolute atomic E-state index is 13.3. The Balaban J connectivity index is 2.07. The summed E-state index contributed by atoms with van der Waals surface area (Å²) in [5.41, 5.74) is 2.61. The van der Waals surface area contributed by atoms with Gasteiger partial charge in [0, 0.05) is 23.7 Å². The molecule has 0 saturated carbocycles. The SMILES string of the molecule is CSc1nn2c(-c3cccnc3)cc(C)nc2c1S(=O)(=O)c1ccccc1. The average Bonchev–Trinajstić information content (AvgIpc) is 3.08. The molecular weight excluding hydrogens is 380 g/mol. The lowest BCUT2D eigenvalue weighted by molar-refractivity contribution is 0.594. The van der Waals surface area contributed by atoms with Crippen LogP contribution in [0.4, 0.5) is 0 Å². The van der Waals surface area contributed by atoms with Gasteiger partial charge in [0.2, 0.25) is 9.84 Å². The number of aryl methyl sites for hydroxylation is 1. The monoisotopic (exact) mass is 396 g/mol. The molecule has 3 aromatic heterocycles. The van der Waals surface area contributed by atoms with Crippen molar-refractivity contribution >= 4 is 27.2 Å². The molecular formula is C19H16N4O2S2. The second-order valence-electron chi connectivity index (χ2n) is 5.91. The molecule has 136 valence electrons. The highest BCUT2D eigenvalue weighted by Crippen LogP contribution is 2.34. The van der Waals surface area contributed by atoms with E-state index >= 15 is 0 Å². The normalized spacial score (nSPS) is 11.8. The molecule has 0 unspecified atom stereocenters. The zero-order chi connectivity index (χ0) is 19.0. The minimum atomic E-state index is -3.76. The summed E-state index contributed by atoms with van der Waals surface area (Å²) in [7, 11) is -3.76. The highest BCUT2D eigenvalue weighted by atomic mass is 32.2. The van der Waals surface area contributed by atoms with E-state index in [1.54, 1.807) is 47.2 Å².